The average Bonchev–Trinajstić information content (AvgIpc) is 2.32. The van der Waals surface area contributed by atoms with E-state index in [2.05, 4.69) is 0 Å². The number of phenols is 1. The Morgan fingerprint density at radius 1 is 1.44 bits per heavy atom. The van der Waals surface area contributed by atoms with Crippen LogP contribution >= 0.6 is 0 Å². The van der Waals surface area contributed by atoms with Crippen LogP contribution in [0.3, 0.4) is 0 Å². The van der Waals surface area contributed by atoms with E-state index in [-0.39, 0.29) is 34.6 Å². The van der Waals surface area contributed by atoms with Crippen molar-refractivity contribution in [3.8, 4) is 11.5 Å². The lowest BCUT2D eigenvalue weighted by atomic mass is 9.96. The molecule has 18 heavy (non-hydrogen) atoms. The van der Waals surface area contributed by atoms with Crippen LogP contribution in [0.5, 0.6) is 11.5 Å². The molecule has 0 aromatic heterocycles. The number of rotatable bonds is 4. The second kappa shape index (κ2) is 5.22. The van der Waals surface area contributed by atoms with E-state index in [1.807, 2.05) is 0 Å². The van der Waals surface area contributed by atoms with Gasteiger partial charge in [0.2, 0.25) is 0 Å². The molecule has 0 aliphatic rings. The number of nitrogens with two attached hydrogens (primary N) is 1. The lowest BCUT2D eigenvalue weighted by molar-refractivity contribution is -0.138. The predicted octanol–water partition coefficient (Wildman–Crippen LogP) is 1.11. The Hall–Kier alpha value is -1.82. The molecule has 0 radical (unpaired) electrons. The van der Waals surface area contributed by atoms with Gasteiger partial charge in [-0.25, -0.2) is 4.39 Å². The number of hydrogen-bond donors (Lipinski definition) is 3. The van der Waals surface area contributed by atoms with Crippen molar-refractivity contribution in [2.45, 2.75) is 26.3 Å². The van der Waals surface area contributed by atoms with Crippen LogP contribution in [0.2, 0.25) is 0 Å². The SMILES string of the molecule is COc1c(C)c(F)c(C)c(CC(N)C(=O)O)c1O. The second-order valence-electron chi connectivity index (χ2n) is 4.07. The Kier molecular flexibility index (Phi) is 4.13. The van der Waals surface area contributed by atoms with Crippen LogP contribution in [-0.4, -0.2) is 29.3 Å². The number of phenolic OH excluding ortho intramolecular Hbond substituents is 1. The molecular formula is C12H16FNO4. The largest absolute Gasteiger partial charge is 0.504 e. The molecule has 0 saturated carbocycles. The molecule has 0 saturated heterocycles. The molecule has 0 aliphatic heterocycles. The van der Waals surface area contributed by atoms with Gasteiger partial charge >= 0.3 is 5.97 Å². The van der Waals surface area contributed by atoms with Crippen molar-refractivity contribution in [3.05, 3.63) is 22.5 Å². The number of aromatic hydroxyl groups is 1. The van der Waals surface area contributed by atoms with Crippen molar-refractivity contribution in [1.29, 1.82) is 0 Å². The van der Waals surface area contributed by atoms with Crippen LogP contribution in [0.1, 0.15) is 16.7 Å². The molecule has 0 bridgehead atoms. The van der Waals surface area contributed by atoms with Gasteiger partial charge in [-0.15, -0.1) is 0 Å². The monoisotopic (exact) mass is 257 g/mol. The summed E-state index contributed by atoms with van der Waals surface area (Å²) in [6.07, 6.45) is -0.166. The number of ether oxygens (including phenoxy) is 1. The number of benzene rings is 1. The lowest BCUT2D eigenvalue weighted by Crippen LogP contribution is -2.32. The Labute approximate surface area is 104 Å². The fourth-order valence-corrected chi connectivity index (χ4v) is 1.81. The summed E-state index contributed by atoms with van der Waals surface area (Å²) in [5.41, 5.74) is 5.91. The summed E-state index contributed by atoms with van der Waals surface area (Å²) < 4.78 is 18.8. The van der Waals surface area contributed by atoms with E-state index in [0.717, 1.165) is 0 Å². The minimum atomic E-state index is -1.21. The first-order valence-electron chi connectivity index (χ1n) is 5.34. The molecule has 0 amide bonds. The Morgan fingerprint density at radius 3 is 2.44 bits per heavy atom. The molecule has 1 aromatic rings. The Balaban J connectivity index is 3.35. The van der Waals surface area contributed by atoms with Gasteiger partial charge in [0.15, 0.2) is 11.5 Å². The van der Waals surface area contributed by atoms with Gasteiger partial charge in [-0.1, -0.05) is 0 Å². The van der Waals surface area contributed by atoms with Gasteiger partial charge in [-0.05, 0) is 19.4 Å². The molecule has 4 N–H and O–H groups in total. The highest BCUT2D eigenvalue weighted by Crippen LogP contribution is 2.38. The van der Waals surface area contributed by atoms with Gasteiger partial charge in [-0.2, -0.15) is 0 Å². The molecule has 1 atom stereocenters. The second-order valence-corrected chi connectivity index (χ2v) is 4.07. The Bertz CT molecular complexity index is 488. The lowest BCUT2D eigenvalue weighted by Gasteiger charge is -2.17. The molecule has 0 aliphatic carbocycles. The van der Waals surface area contributed by atoms with E-state index in [4.69, 9.17) is 15.6 Å². The molecule has 100 valence electrons. The van der Waals surface area contributed by atoms with E-state index < -0.39 is 17.8 Å². The highest BCUT2D eigenvalue weighted by atomic mass is 19.1. The number of carboxylic acids is 1. The summed E-state index contributed by atoms with van der Waals surface area (Å²) in [6, 6.07) is -1.21. The van der Waals surface area contributed by atoms with Crippen LogP contribution in [0, 0.1) is 19.7 Å². The average molecular weight is 257 g/mol. The first kappa shape index (κ1) is 14.2. The third kappa shape index (κ3) is 2.38. The van der Waals surface area contributed by atoms with Crippen molar-refractivity contribution >= 4 is 5.97 Å². The third-order valence-electron chi connectivity index (χ3n) is 2.90. The quantitative estimate of drug-likeness (QED) is 0.751. The number of hydrogen-bond acceptors (Lipinski definition) is 4. The van der Waals surface area contributed by atoms with Crippen LogP contribution in [0.25, 0.3) is 0 Å². The highest BCUT2D eigenvalue weighted by Gasteiger charge is 2.23. The van der Waals surface area contributed by atoms with Crippen molar-refractivity contribution in [1.82, 2.24) is 0 Å². The number of aliphatic carboxylic acids is 1. The maximum Gasteiger partial charge on any atom is 0.320 e. The van der Waals surface area contributed by atoms with Crippen LogP contribution in [-0.2, 0) is 11.2 Å². The number of halogens is 1. The molecule has 1 aromatic carbocycles. The van der Waals surface area contributed by atoms with Gasteiger partial charge < -0.3 is 20.7 Å². The fraction of sp³-hybridized carbons (Fsp3) is 0.417. The zero-order valence-electron chi connectivity index (χ0n) is 10.5. The molecule has 0 fully saturated rings. The zero-order chi connectivity index (χ0) is 14.0. The van der Waals surface area contributed by atoms with Gasteiger partial charge in [0.25, 0.3) is 0 Å². The zero-order valence-corrected chi connectivity index (χ0v) is 10.5. The van der Waals surface area contributed by atoms with E-state index in [1.165, 1.54) is 21.0 Å². The summed E-state index contributed by atoms with van der Waals surface area (Å²) >= 11 is 0. The van der Waals surface area contributed by atoms with Crippen LogP contribution < -0.4 is 10.5 Å². The maximum absolute atomic E-state index is 13.9. The molecule has 6 heteroatoms. The van der Waals surface area contributed by atoms with Gasteiger partial charge in [0.05, 0.1) is 7.11 Å². The molecule has 5 nitrogen and oxygen atoms in total. The number of methoxy groups -OCH3 is 1. The van der Waals surface area contributed by atoms with E-state index in [9.17, 15) is 14.3 Å². The third-order valence-corrected chi connectivity index (χ3v) is 2.90. The van der Waals surface area contributed by atoms with E-state index in [1.54, 1.807) is 0 Å². The molecule has 0 spiro atoms. The summed E-state index contributed by atoms with van der Waals surface area (Å²) in [5.74, 6) is -2.00. The summed E-state index contributed by atoms with van der Waals surface area (Å²) in [5, 5.41) is 18.7. The molecule has 0 heterocycles. The minimum Gasteiger partial charge on any atom is -0.504 e. The van der Waals surface area contributed by atoms with Gasteiger partial charge in [0, 0.05) is 17.5 Å². The summed E-state index contributed by atoms with van der Waals surface area (Å²) in [6.45, 7) is 2.94. The number of carboxylic acid groups (broad SMARTS) is 1. The molecule has 1 rings (SSSR count). The Morgan fingerprint density at radius 2 is 2.00 bits per heavy atom. The van der Waals surface area contributed by atoms with Crippen LogP contribution in [0.15, 0.2) is 0 Å². The molecule has 1 unspecified atom stereocenters. The highest BCUT2D eigenvalue weighted by molar-refractivity contribution is 5.74. The van der Waals surface area contributed by atoms with E-state index in [0.29, 0.717) is 0 Å². The topological polar surface area (TPSA) is 92.8 Å². The minimum absolute atomic E-state index is 0.00527. The predicted molar refractivity (Wildman–Crippen MR) is 63.4 cm³/mol. The van der Waals surface area contributed by atoms with E-state index >= 15 is 0 Å². The first-order valence-corrected chi connectivity index (χ1v) is 5.34. The summed E-state index contributed by atoms with van der Waals surface area (Å²) in [7, 11) is 1.30. The smallest absolute Gasteiger partial charge is 0.320 e. The normalized spacial score (nSPS) is 12.3. The standard InChI is InChI=1S/C12H16FNO4/c1-5-7(4-8(14)12(16)17)10(15)11(18-3)6(2)9(5)13/h8,15H,4,14H2,1-3H3,(H,16,17). The van der Waals surface area contributed by atoms with Crippen molar-refractivity contribution in [2.24, 2.45) is 5.73 Å². The van der Waals surface area contributed by atoms with Gasteiger partial charge in [0.1, 0.15) is 11.9 Å². The first-order chi connectivity index (χ1) is 8.31. The van der Waals surface area contributed by atoms with Crippen molar-refractivity contribution in [2.75, 3.05) is 7.11 Å². The van der Waals surface area contributed by atoms with Crippen molar-refractivity contribution in [3.63, 3.8) is 0 Å². The molecular weight excluding hydrogens is 241 g/mol. The fourth-order valence-electron chi connectivity index (χ4n) is 1.81. The summed E-state index contributed by atoms with van der Waals surface area (Å²) in [4.78, 5) is 10.7. The van der Waals surface area contributed by atoms with Crippen molar-refractivity contribution < 1.29 is 24.1 Å². The van der Waals surface area contributed by atoms with Crippen LogP contribution in [0.4, 0.5) is 4.39 Å². The number of carbonyl (C=O) groups is 1. The van der Waals surface area contributed by atoms with Gasteiger partial charge in [-0.3, -0.25) is 4.79 Å². The maximum atomic E-state index is 13.9.